The molecular weight excluding hydrogens is 252 g/mol. The lowest BCUT2D eigenvalue weighted by atomic mass is 10.0. The minimum Gasteiger partial charge on any atom is -0.508 e. The van der Waals surface area contributed by atoms with Crippen LogP contribution in [0.1, 0.15) is 37.8 Å². The Hall–Kier alpha value is -1.26. The van der Waals surface area contributed by atoms with Crippen molar-refractivity contribution < 1.29 is 10.2 Å². The molecule has 2 aliphatic rings. The molecule has 2 atom stereocenters. The maximum atomic E-state index is 9.87. The molecule has 0 radical (unpaired) electrons. The van der Waals surface area contributed by atoms with Gasteiger partial charge in [0.15, 0.2) is 0 Å². The number of nitrogens with zero attached hydrogens (tertiary/aromatic N) is 1. The molecule has 4 heteroatoms. The Morgan fingerprint density at radius 1 is 1.30 bits per heavy atom. The molecule has 0 spiro atoms. The van der Waals surface area contributed by atoms with Gasteiger partial charge in [0.25, 0.3) is 0 Å². The predicted molar refractivity (Wildman–Crippen MR) is 78.9 cm³/mol. The molecule has 1 aliphatic carbocycles. The first-order valence-corrected chi connectivity index (χ1v) is 7.63. The Bertz CT molecular complexity index is 474. The summed E-state index contributed by atoms with van der Waals surface area (Å²) in [6, 6.07) is 5.78. The Balaban J connectivity index is 1.50. The molecule has 0 amide bonds. The summed E-state index contributed by atoms with van der Waals surface area (Å²) in [6.45, 7) is 5.51. The van der Waals surface area contributed by atoms with E-state index in [-0.39, 0.29) is 17.5 Å². The fourth-order valence-electron chi connectivity index (χ4n) is 3.15. The summed E-state index contributed by atoms with van der Waals surface area (Å²) >= 11 is 0. The molecular formula is C16H24N2O2. The summed E-state index contributed by atoms with van der Waals surface area (Å²) in [6.07, 6.45) is 4.05. The third kappa shape index (κ3) is 3.07. The molecule has 0 aromatic heterocycles. The molecule has 1 saturated heterocycles. The van der Waals surface area contributed by atoms with Gasteiger partial charge >= 0.3 is 0 Å². The predicted octanol–water partition coefficient (Wildman–Crippen LogP) is 2.23. The van der Waals surface area contributed by atoms with E-state index in [2.05, 4.69) is 17.1 Å². The van der Waals surface area contributed by atoms with Gasteiger partial charge in [-0.05, 0) is 51.3 Å². The van der Waals surface area contributed by atoms with E-state index >= 15 is 0 Å². The van der Waals surface area contributed by atoms with Gasteiger partial charge in [-0.25, -0.2) is 0 Å². The average Bonchev–Trinajstić information content (AvgIpc) is 3.15. The summed E-state index contributed by atoms with van der Waals surface area (Å²) in [7, 11) is 0. The van der Waals surface area contributed by atoms with Crippen molar-refractivity contribution in [2.75, 3.05) is 19.6 Å². The smallest absolute Gasteiger partial charge is 0.124 e. The quantitative estimate of drug-likeness (QED) is 0.772. The van der Waals surface area contributed by atoms with E-state index in [1.807, 2.05) is 0 Å². The zero-order valence-corrected chi connectivity index (χ0v) is 12.0. The SMILES string of the molecule is CC(NCC1CCN(C2CC2)C1)c1ccc(O)cc1O. The van der Waals surface area contributed by atoms with E-state index in [1.165, 1.54) is 38.4 Å². The highest BCUT2D eigenvalue weighted by Gasteiger charge is 2.34. The molecule has 1 heterocycles. The fraction of sp³-hybridized carbons (Fsp3) is 0.625. The van der Waals surface area contributed by atoms with Gasteiger partial charge in [0.05, 0.1) is 0 Å². The summed E-state index contributed by atoms with van der Waals surface area (Å²) in [4.78, 5) is 2.62. The van der Waals surface area contributed by atoms with Crippen LogP contribution < -0.4 is 5.32 Å². The average molecular weight is 276 g/mol. The first-order valence-electron chi connectivity index (χ1n) is 7.63. The molecule has 1 aromatic rings. The second kappa shape index (κ2) is 5.62. The molecule has 2 unspecified atom stereocenters. The molecule has 4 nitrogen and oxygen atoms in total. The number of nitrogens with one attached hydrogen (secondary N) is 1. The normalized spacial score (nSPS) is 24.9. The van der Waals surface area contributed by atoms with Crippen LogP contribution in [0.25, 0.3) is 0 Å². The molecule has 20 heavy (non-hydrogen) atoms. The molecule has 1 aliphatic heterocycles. The second-order valence-electron chi connectivity index (χ2n) is 6.25. The van der Waals surface area contributed by atoms with Crippen LogP contribution in [-0.2, 0) is 0 Å². The number of phenolic OH excluding ortho intramolecular Hbond substituents is 2. The summed E-state index contributed by atoms with van der Waals surface area (Å²) in [5.74, 6) is 0.989. The first kappa shape index (κ1) is 13.7. The van der Waals surface area contributed by atoms with Crippen molar-refractivity contribution in [1.29, 1.82) is 0 Å². The summed E-state index contributed by atoms with van der Waals surface area (Å²) < 4.78 is 0. The van der Waals surface area contributed by atoms with Crippen LogP contribution in [0.3, 0.4) is 0 Å². The van der Waals surface area contributed by atoms with Gasteiger partial charge in [0.2, 0.25) is 0 Å². The van der Waals surface area contributed by atoms with Crippen LogP contribution in [0.5, 0.6) is 11.5 Å². The van der Waals surface area contributed by atoms with Crippen LogP contribution in [-0.4, -0.2) is 40.8 Å². The minimum atomic E-state index is 0.102. The van der Waals surface area contributed by atoms with Crippen LogP contribution in [0.15, 0.2) is 18.2 Å². The highest BCUT2D eigenvalue weighted by Crippen LogP contribution is 2.32. The van der Waals surface area contributed by atoms with E-state index in [0.717, 1.165) is 24.1 Å². The van der Waals surface area contributed by atoms with E-state index in [4.69, 9.17) is 0 Å². The largest absolute Gasteiger partial charge is 0.508 e. The van der Waals surface area contributed by atoms with Crippen molar-refractivity contribution >= 4 is 0 Å². The Labute approximate surface area is 120 Å². The lowest BCUT2D eigenvalue weighted by molar-refractivity contribution is 0.309. The van der Waals surface area contributed by atoms with E-state index in [9.17, 15) is 10.2 Å². The van der Waals surface area contributed by atoms with Gasteiger partial charge in [-0.2, -0.15) is 0 Å². The molecule has 2 fully saturated rings. The summed E-state index contributed by atoms with van der Waals surface area (Å²) in [5.41, 5.74) is 0.847. The fourth-order valence-corrected chi connectivity index (χ4v) is 3.15. The van der Waals surface area contributed by atoms with Crippen LogP contribution in [0, 0.1) is 5.92 Å². The monoisotopic (exact) mass is 276 g/mol. The van der Waals surface area contributed by atoms with Crippen LogP contribution in [0.2, 0.25) is 0 Å². The lowest BCUT2D eigenvalue weighted by Gasteiger charge is -2.19. The molecule has 3 rings (SSSR count). The third-order valence-corrected chi connectivity index (χ3v) is 4.57. The molecule has 1 saturated carbocycles. The van der Waals surface area contributed by atoms with Gasteiger partial charge in [-0.3, -0.25) is 0 Å². The van der Waals surface area contributed by atoms with Crippen molar-refractivity contribution in [3.05, 3.63) is 23.8 Å². The van der Waals surface area contributed by atoms with Gasteiger partial charge in [0.1, 0.15) is 11.5 Å². The molecule has 110 valence electrons. The highest BCUT2D eigenvalue weighted by molar-refractivity contribution is 5.40. The van der Waals surface area contributed by atoms with Crippen molar-refractivity contribution in [1.82, 2.24) is 10.2 Å². The van der Waals surface area contributed by atoms with Crippen LogP contribution in [0.4, 0.5) is 0 Å². The number of benzene rings is 1. The van der Waals surface area contributed by atoms with Gasteiger partial charge in [-0.1, -0.05) is 6.07 Å². The standard InChI is InChI=1S/C16H24N2O2/c1-11(15-5-4-14(19)8-16(15)20)17-9-12-6-7-18(10-12)13-2-3-13/h4-5,8,11-13,17,19-20H,2-3,6-7,9-10H2,1H3. The van der Waals surface area contributed by atoms with Gasteiger partial charge < -0.3 is 20.4 Å². The molecule has 3 N–H and O–H groups in total. The van der Waals surface area contributed by atoms with E-state index in [0.29, 0.717) is 0 Å². The van der Waals surface area contributed by atoms with Gasteiger partial charge in [0, 0.05) is 30.3 Å². The topological polar surface area (TPSA) is 55.7 Å². The molecule has 0 bridgehead atoms. The van der Waals surface area contributed by atoms with Crippen molar-refractivity contribution in [3.63, 3.8) is 0 Å². The lowest BCUT2D eigenvalue weighted by Crippen LogP contribution is -2.29. The second-order valence-corrected chi connectivity index (χ2v) is 6.25. The number of phenols is 2. The minimum absolute atomic E-state index is 0.102. The third-order valence-electron chi connectivity index (χ3n) is 4.57. The number of aromatic hydroxyl groups is 2. The maximum absolute atomic E-state index is 9.87. The maximum Gasteiger partial charge on any atom is 0.124 e. The number of likely N-dealkylation sites (tertiary alicyclic amines) is 1. The zero-order valence-electron chi connectivity index (χ0n) is 12.0. The first-order chi connectivity index (χ1) is 9.63. The van der Waals surface area contributed by atoms with E-state index in [1.54, 1.807) is 12.1 Å². The Morgan fingerprint density at radius 2 is 2.10 bits per heavy atom. The number of rotatable bonds is 5. The highest BCUT2D eigenvalue weighted by atomic mass is 16.3. The molecule has 1 aromatic carbocycles. The Kier molecular flexibility index (Phi) is 3.85. The van der Waals surface area contributed by atoms with Crippen LogP contribution >= 0.6 is 0 Å². The van der Waals surface area contributed by atoms with E-state index < -0.39 is 0 Å². The van der Waals surface area contributed by atoms with Crippen molar-refractivity contribution in [2.45, 2.75) is 38.3 Å². The Morgan fingerprint density at radius 3 is 2.80 bits per heavy atom. The zero-order chi connectivity index (χ0) is 14.1. The van der Waals surface area contributed by atoms with Crippen molar-refractivity contribution in [2.24, 2.45) is 5.92 Å². The van der Waals surface area contributed by atoms with Crippen molar-refractivity contribution in [3.8, 4) is 11.5 Å². The summed E-state index contributed by atoms with van der Waals surface area (Å²) in [5, 5.41) is 22.7. The number of hydrogen-bond acceptors (Lipinski definition) is 4. The number of hydrogen-bond donors (Lipinski definition) is 3. The van der Waals surface area contributed by atoms with Gasteiger partial charge in [-0.15, -0.1) is 0 Å².